The van der Waals surface area contributed by atoms with Crippen LogP contribution in [0, 0.1) is 0 Å². The first-order chi connectivity index (χ1) is 10.2. The van der Waals surface area contributed by atoms with E-state index in [-0.39, 0.29) is 17.9 Å². The molecule has 4 rings (SSSR count). The molecule has 4 heteroatoms. The smallest absolute Gasteiger partial charge is 0.262 e. The molecule has 0 aromatic heterocycles. The van der Waals surface area contributed by atoms with Crippen molar-refractivity contribution in [2.75, 3.05) is 0 Å². The van der Waals surface area contributed by atoms with Gasteiger partial charge in [-0.05, 0) is 42.2 Å². The van der Waals surface area contributed by atoms with Gasteiger partial charge in [0.05, 0.1) is 17.2 Å². The van der Waals surface area contributed by atoms with Gasteiger partial charge >= 0.3 is 0 Å². The summed E-state index contributed by atoms with van der Waals surface area (Å²) in [4.78, 5) is 26.6. The highest BCUT2D eigenvalue weighted by Crippen LogP contribution is 2.42. The van der Waals surface area contributed by atoms with E-state index in [0.29, 0.717) is 11.1 Å². The number of hydrogen-bond acceptors (Lipinski definition) is 2. The third-order valence-electron chi connectivity index (χ3n) is 4.32. The van der Waals surface area contributed by atoms with Crippen LogP contribution in [0.25, 0.3) is 0 Å². The topological polar surface area (TPSA) is 37.4 Å². The van der Waals surface area contributed by atoms with Crippen LogP contribution in [-0.2, 0) is 6.42 Å². The Bertz CT molecular complexity index is 749. The summed E-state index contributed by atoms with van der Waals surface area (Å²) >= 11 is 3.55. The lowest BCUT2D eigenvalue weighted by Crippen LogP contribution is -2.33. The van der Waals surface area contributed by atoms with E-state index >= 15 is 0 Å². The zero-order chi connectivity index (χ0) is 14.6. The maximum absolute atomic E-state index is 12.6. The Morgan fingerprint density at radius 1 is 0.952 bits per heavy atom. The zero-order valence-electron chi connectivity index (χ0n) is 11.2. The van der Waals surface area contributed by atoms with Crippen LogP contribution in [-0.4, -0.2) is 16.7 Å². The van der Waals surface area contributed by atoms with Crippen molar-refractivity contribution in [1.82, 2.24) is 4.90 Å². The molecule has 0 bridgehead atoms. The van der Waals surface area contributed by atoms with E-state index in [1.54, 1.807) is 24.3 Å². The molecule has 0 radical (unpaired) electrons. The predicted molar refractivity (Wildman–Crippen MR) is 82.1 cm³/mol. The van der Waals surface area contributed by atoms with Gasteiger partial charge in [-0.1, -0.05) is 40.2 Å². The summed E-state index contributed by atoms with van der Waals surface area (Å²) in [7, 11) is 0. The van der Waals surface area contributed by atoms with Crippen LogP contribution in [0.3, 0.4) is 0 Å². The molecule has 1 aliphatic heterocycles. The molecule has 2 aromatic rings. The molecule has 3 nitrogen and oxygen atoms in total. The molecule has 104 valence electrons. The van der Waals surface area contributed by atoms with Gasteiger partial charge in [0.15, 0.2) is 0 Å². The molecule has 1 unspecified atom stereocenters. The van der Waals surface area contributed by atoms with Gasteiger partial charge in [0, 0.05) is 4.47 Å². The number of halogens is 1. The van der Waals surface area contributed by atoms with Crippen LogP contribution in [0.15, 0.2) is 46.9 Å². The summed E-state index contributed by atoms with van der Waals surface area (Å²) < 4.78 is 1.05. The van der Waals surface area contributed by atoms with Crippen LogP contribution in [0.4, 0.5) is 0 Å². The molecule has 2 aliphatic rings. The molecule has 1 aliphatic carbocycles. The Morgan fingerprint density at radius 2 is 1.62 bits per heavy atom. The van der Waals surface area contributed by atoms with Gasteiger partial charge in [-0.15, -0.1) is 0 Å². The van der Waals surface area contributed by atoms with Crippen LogP contribution >= 0.6 is 15.9 Å². The van der Waals surface area contributed by atoms with E-state index < -0.39 is 0 Å². The van der Waals surface area contributed by atoms with E-state index in [1.165, 1.54) is 10.5 Å². The molecule has 2 amide bonds. The molecule has 1 heterocycles. The quantitative estimate of drug-likeness (QED) is 0.741. The monoisotopic (exact) mass is 341 g/mol. The lowest BCUT2D eigenvalue weighted by Gasteiger charge is -2.23. The zero-order valence-corrected chi connectivity index (χ0v) is 12.8. The number of benzene rings is 2. The highest BCUT2D eigenvalue weighted by molar-refractivity contribution is 9.10. The number of carbonyl (C=O) groups excluding carboxylic acids is 2. The van der Waals surface area contributed by atoms with E-state index in [0.717, 1.165) is 22.9 Å². The lowest BCUT2D eigenvalue weighted by molar-refractivity contribution is 0.0582. The minimum atomic E-state index is -0.173. The number of amides is 2. The lowest BCUT2D eigenvalue weighted by atomic mass is 10.1. The second-order valence-electron chi connectivity index (χ2n) is 5.39. The summed E-state index contributed by atoms with van der Waals surface area (Å²) in [5.74, 6) is -0.346. The minimum Gasteiger partial charge on any atom is -0.269 e. The van der Waals surface area contributed by atoms with Crippen molar-refractivity contribution in [3.05, 3.63) is 69.2 Å². The molecule has 1 atom stereocenters. The SMILES string of the molecule is O=C1c2ccccc2C(=O)N1C1CCc2c(Br)cccc21. The third-order valence-corrected chi connectivity index (χ3v) is 5.06. The Balaban J connectivity index is 1.80. The summed E-state index contributed by atoms with van der Waals surface area (Å²) in [5.41, 5.74) is 3.33. The van der Waals surface area contributed by atoms with Gasteiger partial charge in [-0.2, -0.15) is 0 Å². The van der Waals surface area contributed by atoms with Crippen molar-refractivity contribution in [3.8, 4) is 0 Å². The maximum atomic E-state index is 12.6. The summed E-state index contributed by atoms with van der Waals surface area (Å²) in [6.45, 7) is 0. The third kappa shape index (κ3) is 1.72. The fourth-order valence-corrected chi connectivity index (χ4v) is 3.93. The highest BCUT2D eigenvalue weighted by Gasteiger charge is 2.42. The second-order valence-corrected chi connectivity index (χ2v) is 6.24. The van der Waals surface area contributed by atoms with Gasteiger partial charge in [0.2, 0.25) is 0 Å². The fourth-order valence-electron chi connectivity index (χ4n) is 3.35. The van der Waals surface area contributed by atoms with Crippen molar-refractivity contribution in [2.45, 2.75) is 18.9 Å². The summed E-state index contributed by atoms with van der Waals surface area (Å²) in [5, 5.41) is 0. The highest BCUT2D eigenvalue weighted by atomic mass is 79.9. The average Bonchev–Trinajstić information content (AvgIpc) is 3.02. The van der Waals surface area contributed by atoms with E-state index in [2.05, 4.69) is 15.9 Å². The van der Waals surface area contributed by atoms with Crippen molar-refractivity contribution in [1.29, 1.82) is 0 Å². The van der Waals surface area contributed by atoms with Crippen LogP contribution in [0.5, 0.6) is 0 Å². The number of imide groups is 1. The molecule has 0 N–H and O–H groups in total. The minimum absolute atomic E-state index is 0.148. The predicted octanol–water partition coefficient (Wildman–Crippen LogP) is 3.73. The first-order valence-electron chi connectivity index (χ1n) is 6.92. The number of nitrogens with zero attached hydrogens (tertiary/aromatic N) is 1. The van der Waals surface area contributed by atoms with Gasteiger partial charge in [-0.3, -0.25) is 14.5 Å². The second kappa shape index (κ2) is 4.53. The van der Waals surface area contributed by atoms with E-state index in [1.807, 2.05) is 18.2 Å². The van der Waals surface area contributed by atoms with Gasteiger partial charge < -0.3 is 0 Å². The molecule has 0 saturated heterocycles. The van der Waals surface area contributed by atoms with Crippen molar-refractivity contribution in [2.24, 2.45) is 0 Å². The van der Waals surface area contributed by atoms with E-state index in [4.69, 9.17) is 0 Å². The van der Waals surface area contributed by atoms with Crippen LogP contribution in [0.1, 0.15) is 44.3 Å². The Kier molecular flexibility index (Phi) is 2.76. The normalized spacial score (nSPS) is 19.9. The number of rotatable bonds is 1. The van der Waals surface area contributed by atoms with Gasteiger partial charge in [0.1, 0.15) is 0 Å². The summed E-state index contributed by atoms with van der Waals surface area (Å²) in [6.07, 6.45) is 1.68. The summed E-state index contributed by atoms with van der Waals surface area (Å²) in [6, 6.07) is 12.9. The number of hydrogen-bond donors (Lipinski definition) is 0. The largest absolute Gasteiger partial charge is 0.269 e. The van der Waals surface area contributed by atoms with Crippen molar-refractivity contribution >= 4 is 27.7 Å². The average molecular weight is 342 g/mol. The van der Waals surface area contributed by atoms with Crippen molar-refractivity contribution in [3.63, 3.8) is 0 Å². The Hall–Kier alpha value is -1.94. The molecule has 0 fully saturated rings. The Labute approximate surface area is 130 Å². The van der Waals surface area contributed by atoms with Gasteiger partial charge in [-0.25, -0.2) is 0 Å². The van der Waals surface area contributed by atoms with Crippen LogP contribution < -0.4 is 0 Å². The fraction of sp³-hybridized carbons (Fsp3) is 0.176. The molecule has 21 heavy (non-hydrogen) atoms. The van der Waals surface area contributed by atoms with Crippen LogP contribution in [0.2, 0.25) is 0 Å². The first-order valence-corrected chi connectivity index (χ1v) is 7.72. The number of carbonyl (C=O) groups is 2. The standard InChI is InChI=1S/C17H12BrNO2/c18-14-7-3-6-11-10(14)8-9-15(11)19-16(20)12-4-1-2-5-13(12)17(19)21/h1-7,15H,8-9H2. The molecular weight excluding hydrogens is 330 g/mol. The maximum Gasteiger partial charge on any atom is 0.262 e. The molecular formula is C17H12BrNO2. The Morgan fingerprint density at radius 3 is 2.29 bits per heavy atom. The molecule has 0 saturated carbocycles. The molecule has 2 aromatic carbocycles. The van der Waals surface area contributed by atoms with Gasteiger partial charge in [0.25, 0.3) is 11.8 Å². The van der Waals surface area contributed by atoms with Crippen molar-refractivity contribution < 1.29 is 9.59 Å². The molecule has 0 spiro atoms. The van der Waals surface area contributed by atoms with E-state index in [9.17, 15) is 9.59 Å². The first kappa shape index (κ1) is 12.8. The number of fused-ring (bicyclic) bond motifs is 2.